The van der Waals surface area contributed by atoms with E-state index in [1.165, 1.54) is 6.07 Å². The van der Waals surface area contributed by atoms with Crippen LogP contribution >= 0.6 is 0 Å². The first-order valence-electron chi connectivity index (χ1n) is 11.7. The van der Waals surface area contributed by atoms with Crippen molar-refractivity contribution in [2.24, 2.45) is 5.92 Å². The van der Waals surface area contributed by atoms with Crippen molar-refractivity contribution in [1.82, 2.24) is 15.6 Å². The average molecular weight is 484 g/mol. The monoisotopic (exact) mass is 483 g/mol. The number of nitrogens with one attached hydrogen (secondary N) is 2. The van der Waals surface area contributed by atoms with Gasteiger partial charge in [0.05, 0.1) is 23.9 Å². The normalized spacial score (nSPS) is 15.4. The number of ether oxygens (including phenoxy) is 1. The Hall–Kier alpha value is -3.39. The number of pyridine rings is 1. The highest BCUT2D eigenvalue weighted by Crippen LogP contribution is 2.36. The lowest BCUT2D eigenvalue weighted by Crippen LogP contribution is -2.40. The second-order valence-electron chi connectivity index (χ2n) is 8.55. The molecule has 2 aromatic carbocycles. The highest BCUT2D eigenvalue weighted by atomic mass is 19.4. The molecule has 1 amide bonds. The highest BCUT2D eigenvalue weighted by Gasteiger charge is 2.32. The Morgan fingerprint density at radius 2 is 1.80 bits per heavy atom. The molecule has 0 aliphatic carbocycles. The Balaban J connectivity index is 1.65. The number of halogens is 3. The molecule has 2 N–H and O–H groups in total. The Morgan fingerprint density at radius 3 is 2.49 bits per heavy atom. The number of hydrogen-bond donors (Lipinski definition) is 2. The molecule has 1 fully saturated rings. The molecule has 5 nitrogen and oxygen atoms in total. The number of piperidine rings is 1. The van der Waals surface area contributed by atoms with Crippen LogP contribution in [-0.4, -0.2) is 30.6 Å². The van der Waals surface area contributed by atoms with Crippen molar-refractivity contribution in [1.29, 1.82) is 0 Å². The van der Waals surface area contributed by atoms with Gasteiger partial charge < -0.3 is 15.4 Å². The van der Waals surface area contributed by atoms with Crippen molar-refractivity contribution in [3.05, 3.63) is 84.1 Å². The van der Waals surface area contributed by atoms with E-state index < -0.39 is 17.8 Å². The van der Waals surface area contributed by atoms with Crippen LogP contribution in [-0.2, 0) is 11.0 Å². The molecular formula is C27H28F3N3O2. The predicted molar refractivity (Wildman–Crippen MR) is 128 cm³/mol. The number of amides is 1. The SMILES string of the molecule is O=C(NC(CCOc1ccccc1)c1ccc(C(F)(F)F)cc1-c1ccccn1)C1CCNCC1. The summed E-state index contributed by atoms with van der Waals surface area (Å²) in [5, 5.41) is 6.35. The van der Waals surface area contributed by atoms with Crippen LogP contribution in [0.5, 0.6) is 5.75 Å². The number of benzene rings is 2. The van der Waals surface area contributed by atoms with Crippen LogP contribution in [0.4, 0.5) is 13.2 Å². The van der Waals surface area contributed by atoms with Gasteiger partial charge in [0, 0.05) is 24.1 Å². The van der Waals surface area contributed by atoms with Crippen molar-refractivity contribution in [3.8, 4) is 17.0 Å². The Kier molecular flexibility index (Phi) is 8.02. The molecule has 1 saturated heterocycles. The summed E-state index contributed by atoms with van der Waals surface area (Å²) in [5.41, 5.74) is 0.580. The average Bonchev–Trinajstić information content (AvgIpc) is 2.89. The van der Waals surface area contributed by atoms with E-state index in [2.05, 4.69) is 15.6 Å². The molecule has 4 rings (SSSR count). The minimum Gasteiger partial charge on any atom is -0.494 e. The third-order valence-electron chi connectivity index (χ3n) is 6.14. The lowest BCUT2D eigenvalue weighted by molar-refractivity contribution is -0.137. The van der Waals surface area contributed by atoms with Crippen LogP contribution in [0.1, 0.15) is 36.4 Å². The summed E-state index contributed by atoms with van der Waals surface area (Å²) in [6.45, 7) is 1.81. The molecule has 1 unspecified atom stereocenters. The largest absolute Gasteiger partial charge is 0.494 e. The lowest BCUT2D eigenvalue weighted by atomic mass is 9.92. The van der Waals surface area contributed by atoms with Gasteiger partial charge in [-0.1, -0.05) is 30.3 Å². The fourth-order valence-corrected chi connectivity index (χ4v) is 4.27. The number of carbonyl (C=O) groups excluding carboxylic acids is 1. The second-order valence-corrected chi connectivity index (χ2v) is 8.55. The van der Waals surface area contributed by atoms with Crippen LogP contribution in [0.25, 0.3) is 11.3 Å². The van der Waals surface area contributed by atoms with E-state index in [0.29, 0.717) is 29.0 Å². The van der Waals surface area contributed by atoms with Gasteiger partial charge in [-0.3, -0.25) is 9.78 Å². The molecule has 8 heteroatoms. The molecule has 2 heterocycles. The van der Waals surface area contributed by atoms with E-state index >= 15 is 0 Å². The maximum absolute atomic E-state index is 13.5. The second kappa shape index (κ2) is 11.4. The minimum atomic E-state index is -4.49. The third kappa shape index (κ3) is 6.60. The van der Waals surface area contributed by atoms with Gasteiger partial charge in [0.1, 0.15) is 5.75 Å². The van der Waals surface area contributed by atoms with Crippen molar-refractivity contribution >= 4 is 5.91 Å². The number of hydrogen-bond acceptors (Lipinski definition) is 4. The molecule has 0 bridgehead atoms. The number of aromatic nitrogens is 1. The molecular weight excluding hydrogens is 455 g/mol. The first kappa shape index (κ1) is 24.7. The summed E-state index contributed by atoms with van der Waals surface area (Å²) in [4.78, 5) is 17.4. The number of rotatable bonds is 8. The zero-order chi connectivity index (χ0) is 24.7. The van der Waals surface area contributed by atoms with Gasteiger partial charge in [0.25, 0.3) is 0 Å². The van der Waals surface area contributed by atoms with Gasteiger partial charge >= 0.3 is 6.18 Å². The molecule has 0 spiro atoms. The summed E-state index contributed by atoms with van der Waals surface area (Å²) < 4.78 is 46.5. The minimum absolute atomic E-state index is 0.0944. The number of nitrogens with zero attached hydrogens (tertiary/aromatic N) is 1. The summed E-state index contributed by atoms with van der Waals surface area (Å²) in [6.07, 6.45) is -1.12. The third-order valence-corrected chi connectivity index (χ3v) is 6.14. The van der Waals surface area contributed by atoms with Crippen molar-refractivity contribution < 1.29 is 22.7 Å². The number of alkyl halides is 3. The van der Waals surface area contributed by atoms with Crippen LogP contribution < -0.4 is 15.4 Å². The van der Waals surface area contributed by atoms with E-state index in [9.17, 15) is 18.0 Å². The van der Waals surface area contributed by atoms with Gasteiger partial charge in [0.2, 0.25) is 5.91 Å². The molecule has 1 atom stereocenters. The van der Waals surface area contributed by atoms with Crippen molar-refractivity contribution in [2.75, 3.05) is 19.7 Å². The Morgan fingerprint density at radius 1 is 1.06 bits per heavy atom. The van der Waals surface area contributed by atoms with Gasteiger partial charge in [-0.15, -0.1) is 0 Å². The van der Waals surface area contributed by atoms with E-state index in [0.717, 1.165) is 38.1 Å². The topological polar surface area (TPSA) is 63.2 Å². The number of carbonyl (C=O) groups is 1. The van der Waals surface area contributed by atoms with Gasteiger partial charge in [-0.2, -0.15) is 13.2 Å². The molecule has 0 saturated carbocycles. The highest BCUT2D eigenvalue weighted by molar-refractivity contribution is 5.80. The van der Waals surface area contributed by atoms with Gasteiger partial charge in [-0.25, -0.2) is 0 Å². The molecule has 1 aliphatic heterocycles. The summed E-state index contributed by atoms with van der Waals surface area (Å²) >= 11 is 0. The summed E-state index contributed by atoms with van der Waals surface area (Å²) in [7, 11) is 0. The van der Waals surface area contributed by atoms with Crippen LogP contribution in [0.3, 0.4) is 0 Å². The van der Waals surface area contributed by atoms with Gasteiger partial charge in [0.15, 0.2) is 0 Å². The quantitative estimate of drug-likeness (QED) is 0.451. The smallest absolute Gasteiger partial charge is 0.416 e. The zero-order valence-corrected chi connectivity index (χ0v) is 19.2. The van der Waals surface area contributed by atoms with E-state index in [1.54, 1.807) is 24.4 Å². The predicted octanol–water partition coefficient (Wildman–Crippen LogP) is 5.39. The molecule has 35 heavy (non-hydrogen) atoms. The van der Waals surface area contributed by atoms with Crippen LogP contribution in [0, 0.1) is 5.92 Å². The Bertz CT molecular complexity index is 1100. The molecule has 0 radical (unpaired) electrons. The first-order valence-corrected chi connectivity index (χ1v) is 11.7. The van der Waals surface area contributed by atoms with Crippen LogP contribution in [0.2, 0.25) is 0 Å². The van der Waals surface area contributed by atoms with E-state index in [-0.39, 0.29) is 18.4 Å². The fourth-order valence-electron chi connectivity index (χ4n) is 4.27. The lowest BCUT2D eigenvalue weighted by Gasteiger charge is -2.27. The zero-order valence-electron chi connectivity index (χ0n) is 19.2. The Labute approximate surface area is 202 Å². The molecule has 1 aromatic heterocycles. The standard InChI is InChI=1S/C27H28F3N3O2/c28-27(29,30)20-9-10-22(23(18-20)24-8-4-5-14-32-24)25(13-17-35-21-6-2-1-3-7-21)33-26(34)19-11-15-31-16-12-19/h1-10,14,18-19,25,31H,11-13,15-17H2,(H,33,34). The fraction of sp³-hybridized carbons (Fsp3) is 0.333. The molecule has 184 valence electrons. The number of para-hydroxylation sites is 1. The van der Waals surface area contributed by atoms with Gasteiger partial charge in [-0.05, 0) is 67.9 Å². The van der Waals surface area contributed by atoms with Crippen molar-refractivity contribution in [3.63, 3.8) is 0 Å². The maximum atomic E-state index is 13.5. The maximum Gasteiger partial charge on any atom is 0.416 e. The van der Waals surface area contributed by atoms with Crippen LogP contribution in [0.15, 0.2) is 72.9 Å². The summed E-state index contributed by atoms with van der Waals surface area (Å²) in [5.74, 6) is 0.456. The summed E-state index contributed by atoms with van der Waals surface area (Å²) in [6, 6.07) is 17.5. The van der Waals surface area contributed by atoms with E-state index in [1.807, 2.05) is 30.3 Å². The molecule has 3 aromatic rings. The first-order chi connectivity index (χ1) is 16.9. The molecule has 1 aliphatic rings. The van der Waals surface area contributed by atoms with E-state index in [4.69, 9.17) is 4.74 Å². The van der Waals surface area contributed by atoms with Crippen molar-refractivity contribution in [2.45, 2.75) is 31.5 Å².